The van der Waals surface area contributed by atoms with Crippen LogP contribution in [0.4, 0.5) is 5.69 Å². The van der Waals surface area contributed by atoms with E-state index in [0.29, 0.717) is 12.6 Å². The maximum absolute atomic E-state index is 12.4. The highest BCUT2D eigenvalue weighted by molar-refractivity contribution is 5.93. The van der Waals surface area contributed by atoms with E-state index in [1.54, 1.807) is 0 Å². The van der Waals surface area contributed by atoms with Crippen LogP contribution in [-0.4, -0.2) is 64.7 Å². The Balaban J connectivity index is 1.52. The standard InChI is InChI=1S/C18H31N5O/c1-14-18(15(2)21-20-14)19-17(24)13-22-9-7-8-16(12-22)23-10-5-3-4-6-11-23/h16H,3-13H2,1-2H3,(H,19,24)(H,20,21)/t16-/m1/s1. The van der Waals surface area contributed by atoms with Crippen molar-refractivity contribution in [3.63, 3.8) is 0 Å². The summed E-state index contributed by atoms with van der Waals surface area (Å²) in [6, 6.07) is 0.627. The molecule has 24 heavy (non-hydrogen) atoms. The molecule has 2 aliphatic heterocycles. The second-order valence-corrected chi connectivity index (χ2v) is 7.34. The van der Waals surface area contributed by atoms with E-state index < -0.39 is 0 Å². The predicted octanol–water partition coefficient (Wildman–Crippen LogP) is 2.31. The number of nitrogens with one attached hydrogen (secondary N) is 2. The van der Waals surface area contributed by atoms with Gasteiger partial charge in [-0.1, -0.05) is 12.8 Å². The number of aromatic amines is 1. The molecule has 134 valence electrons. The Bertz CT molecular complexity index is 528. The fourth-order valence-electron chi connectivity index (χ4n) is 4.05. The number of carbonyl (C=O) groups is 1. The molecule has 1 aromatic heterocycles. The molecule has 0 aliphatic carbocycles. The number of amides is 1. The lowest BCUT2D eigenvalue weighted by Gasteiger charge is -2.38. The fourth-order valence-corrected chi connectivity index (χ4v) is 4.05. The third-order valence-corrected chi connectivity index (χ3v) is 5.40. The van der Waals surface area contributed by atoms with Gasteiger partial charge < -0.3 is 5.32 Å². The van der Waals surface area contributed by atoms with Gasteiger partial charge in [0.2, 0.25) is 5.91 Å². The summed E-state index contributed by atoms with van der Waals surface area (Å²) >= 11 is 0. The maximum Gasteiger partial charge on any atom is 0.238 e. The zero-order chi connectivity index (χ0) is 16.9. The first-order valence-corrected chi connectivity index (χ1v) is 9.41. The van der Waals surface area contributed by atoms with Crippen LogP contribution in [0.25, 0.3) is 0 Å². The molecule has 1 aromatic rings. The summed E-state index contributed by atoms with van der Waals surface area (Å²) in [7, 11) is 0. The fraction of sp³-hybridized carbons (Fsp3) is 0.778. The summed E-state index contributed by atoms with van der Waals surface area (Å²) in [5.41, 5.74) is 2.60. The molecule has 0 aromatic carbocycles. The van der Waals surface area contributed by atoms with Gasteiger partial charge in [-0.25, -0.2) is 0 Å². The van der Waals surface area contributed by atoms with Crippen molar-refractivity contribution in [2.45, 2.75) is 58.4 Å². The highest BCUT2D eigenvalue weighted by atomic mass is 16.2. The predicted molar refractivity (Wildman–Crippen MR) is 96.2 cm³/mol. The van der Waals surface area contributed by atoms with Crippen molar-refractivity contribution in [3.05, 3.63) is 11.4 Å². The zero-order valence-corrected chi connectivity index (χ0v) is 15.1. The van der Waals surface area contributed by atoms with Gasteiger partial charge in [0.25, 0.3) is 0 Å². The Morgan fingerprint density at radius 3 is 2.58 bits per heavy atom. The lowest BCUT2D eigenvalue weighted by molar-refractivity contribution is -0.117. The third kappa shape index (κ3) is 4.36. The van der Waals surface area contributed by atoms with Crippen molar-refractivity contribution < 1.29 is 4.79 Å². The molecule has 0 radical (unpaired) electrons. The minimum Gasteiger partial charge on any atom is -0.322 e. The zero-order valence-electron chi connectivity index (χ0n) is 15.1. The molecular formula is C18H31N5O. The van der Waals surface area contributed by atoms with Gasteiger partial charge in [0.05, 0.1) is 23.6 Å². The molecule has 1 amide bonds. The number of carbonyl (C=O) groups excluding carboxylic acids is 1. The number of hydrogen-bond acceptors (Lipinski definition) is 4. The van der Waals surface area contributed by atoms with E-state index in [1.807, 2.05) is 13.8 Å². The highest BCUT2D eigenvalue weighted by Gasteiger charge is 2.26. The first kappa shape index (κ1) is 17.4. The second kappa shape index (κ2) is 8.12. The number of nitrogens with zero attached hydrogens (tertiary/aromatic N) is 3. The normalized spacial score (nSPS) is 23.8. The molecule has 0 unspecified atom stereocenters. The molecule has 2 aliphatic rings. The van der Waals surface area contributed by atoms with E-state index in [-0.39, 0.29) is 5.91 Å². The number of likely N-dealkylation sites (tertiary alicyclic amines) is 2. The molecule has 0 saturated carbocycles. The quantitative estimate of drug-likeness (QED) is 0.887. The van der Waals surface area contributed by atoms with Crippen LogP contribution >= 0.6 is 0 Å². The molecule has 3 rings (SSSR count). The van der Waals surface area contributed by atoms with Gasteiger partial charge in [-0.05, 0) is 59.2 Å². The summed E-state index contributed by atoms with van der Waals surface area (Å²) in [6.07, 6.45) is 7.87. The van der Waals surface area contributed by atoms with Crippen LogP contribution in [0, 0.1) is 13.8 Å². The van der Waals surface area contributed by atoms with Gasteiger partial charge in [-0.3, -0.25) is 19.7 Å². The lowest BCUT2D eigenvalue weighted by Crippen LogP contribution is -2.50. The van der Waals surface area contributed by atoms with Crippen LogP contribution < -0.4 is 5.32 Å². The molecule has 6 heteroatoms. The van der Waals surface area contributed by atoms with Crippen LogP contribution in [0.1, 0.15) is 49.9 Å². The van der Waals surface area contributed by atoms with Crippen molar-refractivity contribution in [1.82, 2.24) is 20.0 Å². The highest BCUT2D eigenvalue weighted by Crippen LogP contribution is 2.20. The van der Waals surface area contributed by atoms with Crippen LogP contribution in [0.5, 0.6) is 0 Å². The van der Waals surface area contributed by atoms with E-state index in [2.05, 4.69) is 25.3 Å². The smallest absolute Gasteiger partial charge is 0.238 e. The number of piperidine rings is 1. The van der Waals surface area contributed by atoms with Gasteiger partial charge in [-0.2, -0.15) is 5.10 Å². The largest absolute Gasteiger partial charge is 0.322 e. The number of rotatable bonds is 4. The molecule has 2 N–H and O–H groups in total. The summed E-state index contributed by atoms with van der Waals surface area (Å²) < 4.78 is 0. The van der Waals surface area contributed by atoms with Gasteiger partial charge in [0.15, 0.2) is 0 Å². The van der Waals surface area contributed by atoms with E-state index in [9.17, 15) is 4.79 Å². The summed E-state index contributed by atoms with van der Waals surface area (Å²) in [5.74, 6) is 0.0686. The van der Waals surface area contributed by atoms with Crippen molar-refractivity contribution in [2.24, 2.45) is 0 Å². The monoisotopic (exact) mass is 333 g/mol. The second-order valence-electron chi connectivity index (χ2n) is 7.34. The van der Waals surface area contributed by atoms with E-state index in [1.165, 1.54) is 51.6 Å². The number of hydrogen-bond donors (Lipinski definition) is 2. The third-order valence-electron chi connectivity index (χ3n) is 5.40. The molecule has 0 bridgehead atoms. The topological polar surface area (TPSA) is 64.3 Å². The van der Waals surface area contributed by atoms with Crippen LogP contribution in [0.15, 0.2) is 0 Å². The number of H-pyrrole nitrogens is 1. The van der Waals surface area contributed by atoms with Gasteiger partial charge in [0.1, 0.15) is 0 Å². The first-order chi connectivity index (χ1) is 11.6. The summed E-state index contributed by atoms with van der Waals surface area (Å²) in [4.78, 5) is 17.4. The average Bonchev–Trinajstić information content (AvgIpc) is 2.80. The van der Waals surface area contributed by atoms with Gasteiger partial charge >= 0.3 is 0 Å². The minimum atomic E-state index is 0.0686. The van der Waals surface area contributed by atoms with Crippen LogP contribution in [-0.2, 0) is 4.79 Å². The van der Waals surface area contributed by atoms with E-state index in [4.69, 9.17) is 0 Å². The van der Waals surface area contributed by atoms with Gasteiger partial charge in [-0.15, -0.1) is 0 Å². The molecule has 6 nitrogen and oxygen atoms in total. The van der Waals surface area contributed by atoms with E-state index >= 15 is 0 Å². The molecule has 2 fully saturated rings. The van der Waals surface area contributed by atoms with Crippen LogP contribution in [0.3, 0.4) is 0 Å². The van der Waals surface area contributed by atoms with Crippen molar-refractivity contribution in [2.75, 3.05) is 38.0 Å². The molecular weight excluding hydrogens is 302 g/mol. The Morgan fingerprint density at radius 1 is 1.17 bits per heavy atom. The number of anilines is 1. The Morgan fingerprint density at radius 2 is 1.92 bits per heavy atom. The van der Waals surface area contributed by atoms with Crippen molar-refractivity contribution in [3.8, 4) is 0 Å². The van der Waals surface area contributed by atoms with Crippen molar-refractivity contribution in [1.29, 1.82) is 0 Å². The molecule has 3 heterocycles. The van der Waals surface area contributed by atoms with Gasteiger partial charge in [0, 0.05) is 12.6 Å². The summed E-state index contributed by atoms with van der Waals surface area (Å²) in [6.45, 7) is 8.85. The lowest BCUT2D eigenvalue weighted by atomic mass is 10.0. The molecule has 1 atom stereocenters. The first-order valence-electron chi connectivity index (χ1n) is 9.41. The summed E-state index contributed by atoms with van der Waals surface area (Å²) in [5, 5.41) is 10.1. The molecule has 2 saturated heterocycles. The Labute approximate surface area is 145 Å². The Hall–Kier alpha value is -1.40. The Kier molecular flexibility index (Phi) is 5.89. The van der Waals surface area contributed by atoms with Crippen LogP contribution in [0.2, 0.25) is 0 Å². The average molecular weight is 333 g/mol. The van der Waals surface area contributed by atoms with E-state index in [0.717, 1.165) is 30.2 Å². The van der Waals surface area contributed by atoms with Crippen molar-refractivity contribution >= 4 is 11.6 Å². The SMILES string of the molecule is Cc1n[nH]c(C)c1NC(=O)CN1CCC[C@@H](N2CCCCCC2)C1. The number of aryl methyl sites for hydroxylation is 2. The molecule has 0 spiro atoms. The number of aromatic nitrogens is 2. The minimum absolute atomic E-state index is 0.0686. The maximum atomic E-state index is 12.4.